The Bertz CT molecular complexity index is 497. The minimum Gasteiger partial charge on any atom is -0.477 e. The summed E-state index contributed by atoms with van der Waals surface area (Å²) in [7, 11) is 0. The monoisotopic (exact) mass is 248 g/mol. The van der Waals surface area contributed by atoms with Crippen LogP contribution in [0.1, 0.15) is 47.5 Å². The number of hydrogen-bond donors (Lipinski definition) is 1. The van der Waals surface area contributed by atoms with Crippen LogP contribution >= 0.6 is 0 Å². The number of aromatic nitrogens is 1. The average molecular weight is 248 g/mol. The zero-order valence-corrected chi connectivity index (χ0v) is 10.5. The van der Waals surface area contributed by atoms with Gasteiger partial charge in [-0.15, -0.1) is 0 Å². The van der Waals surface area contributed by atoms with Crippen molar-refractivity contribution >= 4 is 11.9 Å². The molecule has 1 aromatic heterocycles. The van der Waals surface area contributed by atoms with E-state index >= 15 is 0 Å². The fourth-order valence-corrected chi connectivity index (χ4v) is 2.32. The van der Waals surface area contributed by atoms with Crippen molar-refractivity contribution in [2.75, 3.05) is 6.54 Å². The number of carboxylic acids is 1. The fraction of sp³-hybridized carbons (Fsp3) is 0.462. The maximum absolute atomic E-state index is 12.3. The van der Waals surface area contributed by atoms with Gasteiger partial charge in [-0.1, -0.05) is 0 Å². The Morgan fingerprint density at radius 1 is 1.44 bits per heavy atom. The molecule has 0 bridgehead atoms. The summed E-state index contributed by atoms with van der Waals surface area (Å²) in [5.74, 6) is -1.24. The van der Waals surface area contributed by atoms with Crippen molar-refractivity contribution in [1.29, 1.82) is 0 Å². The van der Waals surface area contributed by atoms with Crippen molar-refractivity contribution in [3.05, 3.63) is 29.6 Å². The van der Waals surface area contributed by atoms with Gasteiger partial charge in [-0.2, -0.15) is 0 Å². The zero-order valence-electron chi connectivity index (χ0n) is 10.5. The lowest BCUT2D eigenvalue weighted by atomic mass is 10.0. The van der Waals surface area contributed by atoms with Gasteiger partial charge in [-0.3, -0.25) is 4.79 Å². The highest BCUT2D eigenvalue weighted by Gasteiger charge is 2.35. The third kappa shape index (κ3) is 2.20. The molecule has 1 amide bonds. The van der Waals surface area contributed by atoms with Crippen LogP contribution in [0.4, 0.5) is 0 Å². The quantitative estimate of drug-likeness (QED) is 0.866. The normalized spacial score (nSPS) is 17.8. The molecule has 1 aromatic rings. The summed E-state index contributed by atoms with van der Waals surface area (Å²) in [6.45, 7) is 4.77. The molecule has 1 fully saturated rings. The summed E-state index contributed by atoms with van der Waals surface area (Å²) < 4.78 is 0. The summed E-state index contributed by atoms with van der Waals surface area (Å²) in [6.07, 6.45) is 3.31. The van der Waals surface area contributed by atoms with Crippen LogP contribution in [0, 0.1) is 0 Å². The zero-order chi connectivity index (χ0) is 13.3. The summed E-state index contributed by atoms with van der Waals surface area (Å²) >= 11 is 0. The smallest absolute Gasteiger partial charge is 0.354 e. The Kier molecular flexibility index (Phi) is 3.07. The number of amides is 1. The van der Waals surface area contributed by atoms with Gasteiger partial charge in [0.15, 0.2) is 0 Å². The number of likely N-dealkylation sites (tertiary alicyclic amines) is 1. The third-order valence-electron chi connectivity index (χ3n) is 3.37. The molecular formula is C13H16N2O3. The second kappa shape index (κ2) is 4.40. The first-order valence-electron chi connectivity index (χ1n) is 5.93. The number of carboxylic acid groups (broad SMARTS) is 1. The standard InChI is InChI=1S/C13H16N2O3/c1-13(2)5-3-7-15(13)11(16)9-4-6-14-10(8-9)12(17)18/h4,6,8H,3,5,7H2,1-2H3,(H,17,18). The molecule has 2 rings (SSSR count). The lowest BCUT2D eigenvalue weighted by Crippen LogP contribution is -2.42. The largest absolute Gasteiger partial charge is 0.477 e. The Morgan fingerprint density at radius 2 is 2.17 bits per heavy atom. The first-order valence-corrected chi connectivity index (χ1v) is 5.93. The van der Waals surface area contributed by atoms with Crippen LogP contribution < -0.4 is 0 Å². The van der Waals surface area contributed by atoms with E-state index < -0.39 is 5.97 Å². The van der Waals surface area contributed by atoms with Crippen LogP contribution in [0.15, 0.2) is 18.3 Å². The SMILES string of the molecule is CC1(C)CCCN1C(=O)c1ccnc(C(=O)O)c1. The van der Waals surface area contributed by atoms with Crippen LogP contribution in [0.5, 0.6) is 0 Å². The molecule has 0 spiro atoms. The van der Waals surface area contributed by atoms with E-state index in [4.69, 9.17) is 5.11 Å². The van der Waals surface area contributed by atoms with Gasteiger partial charge in [-0.25, -0.2) is 9.78 Å². The number of carbonyl (C=O) groups is 2. The Labute approximate surface area is 105 Å². The maximum Gasteiger partial charge on any atom is 0.354 e. The Morgan fingerprint density at radius 3 is 2.72 bits per heavy atom. The molecule has 2 heterocycles. The van der Waals surface area contributed by atoms with Crippen LogP contribution in [0.3, 0.4) is 0 Å². The second-order valence-corrected chi connectivity index (χ2v) is 5.11. The fourth-order valence-electron chi connectivity index (χ4n) is 2.32. The molecule has 5 nitrogen and oxygen atoms in total. The maximum atomic E-state index is 12.3. The third-order valence-corrected chi connectivity index (χ3v) is 3.37. The molecule has 0 saturated carbocycles. The predicted molar refractivity (Wildman–Crippen MR) is 65.5 cm³/mol. The highest BCUT2D eigenvalue weighted by atomic mass is 16.4. The Hall–Kier alpha value is -1.91. The Balaban J connectivity index is 2.29. The molecule has 0 unspecified atom stereocenters. The number of pyridine rings is 1. The summed E-state index contributed by atoms with van der Waals surface area (Å²) in [5.41, 5.74) is 0.124. The molecule has 0 aliphatic carbocycles. The lowest BCUT2D eigenvalue weighted by molar-refractivity contribution is 0.0652. The number of carbonyl (C=O) groups excluding carboxylic acids is 1. The molecule has 0 radical (unpaired) electrons. The van der Waals surface area contributed by atoms with Gasteiger partial charge < -0.3 is 10.0 Å². The van der Waals surface area contributed by atoms with E-state index in [2.05, 4.69) is 4.98 Å². The van der Waals surface area contributed by atoms with Gasteiger partial charge in [0.05, 0.1) is 0 Å². The molecule has 5 heteroatoms. The molecule has 0 atom stereocenters. The van der Waals surface area contributed by atoms with Crippen LogP contribution in [-0.2, 0) is 0 Å². The van der Waals surface area contributed by atoms with E-state index in [-0.39, 0.29) is 17.1 Å². The first kappa shape index (κ1) is 12.5. The molecule has 18 heavy (non-hydrogen) atoms. The van der Waals surface area contributed by atoms with Gasteiger partial charge in [-0.05, 0) is 38.8 Å². The minimum atomic E-state index is -1.12. The van der Waals surface area contributed by atoms with Gasteiger partial charge in [0.25, 0.3) is 5.91 Å². The van der Waals surface area contributed by atoms with E-state index in [1.807, 2.05) is 13.8 Å². The van der Waals surface area contributed by atoms with Gasteiger partial charge in [0, 0.05) is 23.8 Å². The van der Waals surface area contributed by atoms with Crippen LogP contribution in [0.2, 0.25) is 0 Å². The van der Waals surface area contributed by atoms with E-state index in [1.54, 1.807) is 11.0 Å². The molecule has 1 aliphatic rings. The van der Waals surface area contributed by atoms with E-state index in [9.17, 15) is 9.59 Å². The highest BCUT2D eigenvalue weighted by molar-refractivity contribution is 5.97. The van der Waals surface area contributed by atoms with E-state index in [1.165, 1.54) is 12.3 Å². The predicted octanol–water partition coefficient (Wildman–Crippen LogP) is 1.79. The molecule has 96 valence electrons. The molecule has 1 aliphatic heterocycles. The number of nitrogens with zero attached hydrogens (tertiary/aromatic N) is 2. The highest BCUT2D eigenvalue weighted by Crippen LogP contribution is 2.29. The molecular weight excluding hydrogens is 232 g/mol. The number of aromatic carboxylic acids is 1. The molecule has 0 aromatic carbocycles. The number of hydrogen-bond acceptors (Lipinski definition) is 3. The summed E-state index contributed by atoms with van der Waals surface area (Å²) in [6, 6.07) is 2.89. The van der Waals surface area contributed by atoms with Crippen LogP contribution in [-0.4, -0.2) is 39.0 Å². The minimum absolute atomic E-state index is 0.0992. The van der Waals surface area contributed by atoms with Crippen molar-refractivity contribution in [1.82, 2.24) is 9.88 Å². The van der Waals surface area contributed by atoms with E-state index in [0.29, 0.717) is 5.56 Å². The molecule has 1 saturated heterocycles. The topological polar surface area (TPSA) is 70.5 Å². The number of rotatable bonds is 2. The second-order valence-electron chi connectivity index (χ2n) is 5.11. The van der Waals surface area contributed by atoms with Crippen molar-refractivity contribution in [2.45, 2.75) is 32.2 Å². The first-order chi connectivity index (χ1) is 8.42. The summed E-state index contributed by atoms with van der Waals surface area (Å²) in [4.78, 5) is 28.7. The summed E-state index contributed by atoms with van der Waals surface area (Å²) in [5, 5.41) is 8.87. The van der Waals surface area contributed by atoms with Crippen molar-refractivity contribution in [3.63, 3.8) is 0 Å². The van der Waals surface area contributed by atoms with Gasteiger partial charge in [0.2, 0.25) is 0 Å². The van der Waals surface area contributed by atoms with Crippen LogP contribution in [0.25, 0.3) is 0 Å². The van der Waals surface area contributed by atoms with Crippen molar-refractivity contribution in [2.24, 2.45) is 0 Å². The van der Waals surface area contributed by atoms with Crippen molar-refractivity contribution < 1.29 is 14.7 Å². The van der Waals surface area contributed by atoms with E-state index in [0.717, 1.165) is 19.4 Å². The molecule has 1 N–H and O–H groups in total. The lowest BCUT2D eigenvalue weighted by Gasteiger charge is -2.31. The van der Waals surface area contributed by atoms with Crippen molar-refractivity contribution in [3.8, 4) is 0 Å². The average Bonchev–Trinajstić information content (AvgIpc) is 2.68. The van der Waals surface area contributed by atoms with Gasteiger partial charge in [0.1, 0.15) is 5.69 Å². The van der Waals surface area contributed by atoms with Gasteiger partial charge >= 0.3 is 5.97 Å².